The summed E-state index contributed by atoms with van der Waals surface area (Å²) < 4.78 is 6.95. The van der Waals surface area contributed by atoms with E-state index >= 15 is 0 Å². The molecule has 0 radical (unpaired) electrons. The molecule has 1 atom stereocenters. The fourth-order valence-electron chi connectivity index (χ4n) is 3.09. The Bertz CT molecular complexity index is 1040. The van der Waals surface area contributed by atoms with Gasteiger partial charge >= 0.3 is 0 Å². The number of nitrogens with one attached hydrogen (secondary N) is 1. The summed E-state index contributed by atoms with van der Waals surface area (Å²) in [7, 11) is 0. The highest BCUT2D eigenvalue weighted by Crippen LogP contribution is 2.42. The molecule has 9 nitrogen and oxygen atoms in total. The SMILES string of the molecule is Cc1cc(NC(=O)[C@H](Sc2nnc(C3CC3)n2CCC(N)=O)c2ccccc2)no1. The first-order valence-corrected chi connectivity index (χ1v) is 10.6. The Morgan fingerprint density at radius 1 is 1.30 bits per heavy atom. The van der Waals surface area contributed by atoms with Gasteiger partial charge in [0.2, 0.25) is 11.8 Å². The van der Waals surface area contributed by atoms with Crippen molar-refractivity contribution in [1.29, 1.82) is 0 Å². The number of anilines is 1. The third-order valence-corrected chi connectivity index (χ3v) is 5.95. The maximum absolute atomic E-state index is 13.1. The molecule has 1 aromatic carbocycles. The van der Waals surface area contributed by atoms with Gasteiger partial charge < -0.3 is 20.1 Å². The van der Waals surface area contributed by atoms with Gasteiger partial charge in [-0.2, -0.15) is 0 Å². The van der Waals surface area contributed by atoms with Crippen LogP contribution in [-0.2, 0) is 16.1 Å². The molecule has 3 N–H and O–H groups in total. The topological polar surface area (TPSA) is 129 Å². The molecule has 156 valence electrons. The highest BCUT2D eigenvalue weighted by molar-refractivity contribution is 8.00. The van der Waals surface area contributed by atoms with Gasteiger partial charge in [0.25, 0.3) is 0 Å². The summed E-state index contributed by atoms with van der Waals surface area (Å²) in [5, 5.41) is 15.3. The van der Waals surface area contributed by atoms with Crippen molar-refractivity contribution < 1.29 is 14.1 Å². The number of thioether (sulfide) groups is 1. The van der Waals surface area contributed by atoms with E-state index in [-0.39, 0.29) is 18.2 Å². The van der Waals surface area contributed by atoms with E-state index in [1.165, 1.54) is 11.8 Å². The van der Waals surface area contributed by atoms with E-state index in [9.17, 15) is 9.59 Å². The lowest BCUT2D eigenvalue weighted by atomic mass is 10.1. The third-order valence-electron chi connectivity index (χ3n) is 4.71. The largest absolute Gasteiger partial charge is 0.370 e. The minimum Gasteiger partial charge on any atom is -0.370 e. The number of hydrogen-bond acceptors (Lipinski definition) is 7. The highest BCUT2D eigenvalue weighted by Gasteiger charge is 2.32. The smallest absolute Gasteiger partial charge is 0.243 e. The van der Waals surface area contributed by atoms with Gasteiger partial charge in [-0.3, -0.25) is 9.59 Å². The first-order valence-electron chi connectivity index (χ1n) is 9.68. The van der Waals surface area contributed by atoms with Gasteiger partial charge in [-0.15, -0.1) is 10.2 Å². The Morgan fingerprint density at radius 2 is 2.07 bits per heavy atom. The molecular weight excluding hydrogens is 404 g/mol. The molecule has 2 aromatic heterocycles. The summed E-state index contributed by atoms with van der Waals surface area (Å²) in [5.41, 5.74) is 6.17. The Kier molecular flexibility index (Phi) is 5.84. The van der Waals surface area contributed by atoms with Gasteiger partial charge in [0.05, 0.1) is 0 Å². The molecule has 0 bridgehead atoms. The van der Waals surface area contributed by atoms with Crippen LogP contribution in [0.25, 0.3) is 0 Å². The lowest BCUT2D eigenvalue weighted by Gasteiger charge is -2.16. The van der Waals surface area contributed by atoms with Crippen LogP contribution in [0.4, 0.5) is 5.82 Å². The van der Waals surface area contributed by atoms with E-state index in [4.69, 9.17) is 10.3 Å². The second-order valence-electron chi connectivity index (χ2n) is 7.20. The molecule has 3 aromatic rings. The zero-order valence-corrected chi connectivity index (χ0v) is 17.3. The number of aryl methyl sites for hydroxylation is 1. The first kappa shape index (κ1) is 20.1. The van der Waals surface area contributed by atoms with Gasteiger partial charge in [-0.1, -0.05) is 47.3 Å². The van der Waals surface area contributed by atoms with Crippen LogP contribution >= 0.6 is 11.8 Å². The number of carbonyl (C=O) groups is 2. The van der Waals surface area contributed by atoms with E-state index in [0.29, 0.717) is 29.2 Å². The third kappa shape index (κ3) is 4.70. The van der Waals surface area contributed by atoms with Crippen LogP contribution in [-0.4, -0.2) is 31.7 Å². The molecule has 30 heavy (non-hydrogen) atoms. The number of hydrogen-bond donors (Lipinski definition) is 2. The Balaban J connectivity index is 1.61. The first-order chi connectivity index (χ1) is 14.5. The van der Waals surface area contributed by atoms with Gasteiger partial charge in [-0.05, 0) is 25.3 Å². The molecule has 0 unspecified atom stereocenters. The molecule has 0 saturated heterocycles. The van der Waals surface area contributed by atoms with Crippen molar-refractivity contribution in [3.63, 3.8) is 0 Å². The average Bonchev–Trinajstić information content (AvgIpc) is 3.37. The lowest BCUT2D eigenvalue weighted by molar-refractivity contribution is -0.118. The lowest BCUT2D eigenvalue weighted by Crippen LogP contribution is -2.20. The fourth-order valence-corrected chi connectivity index (χ4v) is 4.16. The summed E-state index contributed by atoms with van der Waals surface area (Å²) in [6, 6.07) is 11.1. The van der Waals surface area contributed by atoms with Crippen LogP contribution in [0.3, 0.4) is 0 Å². The molecule has 0 aliphatic heterocycles. The molecule has 0 spiro atoms. The van der Waals surface area contributed by atoms with Gasteiger partial charge in [0, 0.05) is 24.9 Å². The number of nitrogens with zero attached hydrogens (tertiary/aromatic N) is 4. The number of rotatable bonds is 9. The van der Waals surface area contributed by atoms with Gasteiger partial charge in [0.15, 0.2) is 11.0 Å². The molecule has 1 aliphatic rings. The highest BCUT2D eigenvalue weighted by atomic mass is 32.2. The van der Waals surface area contributed by atoms with Crippen molar-refractivity contribution in [2.24, 2.45) is 5.73 Å². The van der Waals surface area contributed by atoms with E-state index in [0.717, 1.165) is 24.2 Å². The maximum atomic E-state index is 13.1. The van der Waals surface area contributed by atoms with Gasteiger partial charge in [-0.25, -0.2) is 0 Å². The molecule has 1 fully saturated rings. The molecule has 10 heteroatoms. The molecule has 2 heterocycles. The second-order valence-corrected chi connectivity index (χ2v) is 8.28. The average molecular weight is 427 g/mol. The van der Waals surface area contributed by atoms with Crippen molar-refractivity contribution >= 4 is 29.4 Å². The van der Waals surface area contributed by atoms with Crippen molar-refractivity contribution in [1.82, 2.24) is 19.9 Å². The monoisotopic (exact) mass is 426 g/mol. The number of primary amides is 1. The minimum atomic E-state index is -0.591. The van der Waals surface area contributed by atoms with Crippen molar-refractivity contribution in [2.45, 2.75) is 49.1 Å². The normalized spacial score (nSPS) is 14.4. The van der Waals surface area contributed by atoms with E-state index in [1.807, 2.05) is 34.9 Å². The Labute approximate surface area is 177 Å². The zero-order chi connectivity index (χ0) is 21.1. The van der Waals surface area contributed by atoms with E-state index in [1.54, 1.807) is 13.0 Å². The standard InChI is InChI=1S/C20H22N6O3S/c1-12-11-16(25-29-12)22-19(28)17(13-5-3-2-4-6-13)30-20-24-23-18(14-7-8-14)26(20)10-9-15(21)27/h2-6,11,14,17H,7-10H2,1H3,(H2,21,27)(H,22,25,28)/t17-/m1/s1. The van der Waals surface area contributed by atoms with Crippen LogP contribution < -0.4 is 11.1 Å². The van der Waals surface area contributed by atoms with E-state index in [2.05, 4.69) is 20.7 Å². The molecule has 1 aliphatic carbocycles. The van der Waals surface area contributed by atoms with Crippen LogP contribution in [0.2, 0.25) is 0 Å². The number of benzene rings is 1. The molecular formula is C20H22N6O3S. The summed E-state index contributed by atoms with van der Waals surface area (Å²) in [6.45, 7) is 2.15. The number of carbonyl (C=O) groups excluding carboxylic acids is 2. The number of amides is 2. The number of aromatic nitrogens is 4. The predicted octanol–water partition coefficient (Wildman–Crippen LogP) is 2.80. The fraction of sp³-hybridized carbons (Fsp3) is 0.350. The minimum absolute atomic E-state index is 0.186. The zero-order valence-electron chi connectivity index (χ0n) is 16.4. The summed E-state index contributed by atoms with van der Waals surface area (Å²) in [6.07, 6.45) is 2.28. The molecule has 1 saturated carbocycles. The predicted molar refractivity (Wildman–Crippen MR) is 111 cm³/mol. The molecule has 2 amide bonds. The maximum Gasteiger partial charge on any atom is 0.243 e. The van der Waals surface area contributed by atoms with Crippen LogP contribution in [0, 0.1) is 6.92 Å². The molecule has 4 rings (SSSR count). The van der Waals surface area contributed by atoms with Crippen molar-refractivity contribution in [3.8, 4) is 0 Å². The Hall–Kier alpha value is -3.14. The van der Waals surface area contributed by atoms with Gasteiger partial charge in [0.1, 0.15) is 16.8 Å². The van der Waals surface area contributed by atoms with E-state index < -0.39 is 5.25 Å². The quantitative estimate of drug-likeness (QED) is 0.503. The Morgan fingerprint density at radius 3 is 2.70 bits per heavy atom. The number of nitrogens with two attached hydrogens (primary N) is 1. The van der Waals surface area contributed by atoms with Crippen LogP contribution in [0.15, 0.2) is 46.1 Å². The van der Waals surface area contributed by atoms with Crippen molar-refractivity contribution in [3.05, 3.63) is 53.5 Å². The van der Waals surface area contributed by atoms with Crippen LogP contribution in [0.1, 0.15) is 47.6 Å². The summed E-state index contributed by atoms with van der Waals surface area (Å²) in [5.74, 6) is 1.51. The summed E-state index contributed by atoms with van der Waals surface area (Å²) in [4.78, 5) is 24.5. The second kappa shape index (κ2) is 8.70. The van der Waals surface area contributed by atoms with Crippen LogP contribution in [0.5, 0.6) is 0 Å². The summed E-state index contributed by atoms with van der Waals surface area (Å²) >= 11 is 1.29. The van der Waals surface area contributed by atoms with Crippen molar-refractivity contribution in [2.75, 3.05) is 5.32 Å².